The Hall–Kier alpha value is -4.79. The van der Waals surface area contributed by atoms with E-state index in [0.29, 0.717) is 23.7 Å². The molecule has 4 rings (SSSR count). The molecule has 1 amide bonds. The molecule has 0 spiro atoms. The fourth-order valence-electron chi connectivity index (χ4n) is 4.03. The number of carbonyl (C=O) groups is 2. The molecule has 6 nitrogen and oxygen atoms in total. The summed E-state index contributed by atoms with van der Waals surface area (Å²) in [5.41, 5.74) is 1.32. The highest BCUT2D eigenvalue weighted by atomic mass is 19.4. The summed E-state index contributed by atoms with van der Waals surface area (Å²) in [4.78, 5) is 25.4. The van der Waals surface area contributed by atoms with Gasteiger partial charge in [0.25, 0.3) is 5.91 Å². The summed E-state index contributed by atoms with van der Waals surface area (Å²) in [5.74, 6) is -0.678. The number of hydrogen-bond acceptors (Lipinski definition) is 5. The smallest absolute Gasteiger partial charge is 0.416 e. The molecular weight excluding hydrogens is 535 g/mol. The quantitative estimate of drug-likeness (QED) is 0.215. The maximum absolute atomic E-state index is 13.1. The Morgan fingerprint density at radius 1 is 0.732 bits per heavy atom. The maximum atomic E-state index is 13.1. The first kappa shape index (κ1) is 29.2. The Bertz CT molecular complexity index is 1460. The van der Waals surface area contributed by atoms with Crippen molar-refractivity contribution < 1.29 is 37.0 Å². The van der Waals surface area contributed by atoms with Crippen LogP contribution in [0.15, 0.2) is 103 Å². The van der Waals surface area contributed by atoms with Crippen molar-refractivity contribution in [3.05, 3.63) is 131 Å². The minimum atomic E-state index is -4.61. The molecule has 0 fully saturated rings. The summed E-state index contributed by atoms with van der Waals surface area (Å²) in [5, 5.41) is 2.50. The number of methoxy groups -OCH3 is 1. The first-order chi connectivity index (χ1) is 19.7. The van der Waals surface area contributed by atoms with E-state index in [4.69, 9.17) is 14.2 Å². The van der Waals surface area contributed by atoms with Crippen LogP contribution in [0.4, 0.5) is 13.2 Å². The van der Waals surface area contributed by atoms with Crippen LogP contribution >= 0.6 is 0 Å². The van der Waals surface area contributed by atoms with Gasteiger partial charge in [0, 0.05) is 12.0 Å². The maximum Gasteiger partial charge on any atom is 0.416 e. The minimum Gasteiger partial charge on any atom is -0.485 e. The largest absolute Gasteiger partial charge is 0.485 e. The van der Waals surface area contributed by atoms with Crippen molar-refractivity contribution in [1.29, 1.82) is 0 Å². The van der Waals surface area contributed by atoms with Gasteiger partial charge in [-0.2, -0.15) is 13.2 Å². The Morgan fingerprint density at radius 3 is 1.93 bits per heavy atom. The molecule has 0 aromatic heterocycles. The summed E-state index contributed by atoms with van der Waals surface area (Å²) in [6, 6.07) is 27.1. The van der Waals surface area contributed by atoms with Crippen molar-refractivity contribution in [2.45, 2.75) is 31.9 Å². The molecule has 4 aromatic carbocycles. The molecule has 0 radical (unpaired) electrons. The fourth-order valence-corrected chi connectivity index (χ4v) is 4.03. The van der Waals surface area contributed by atoms with E-state index >= 15 is 0 Å². The van der Waals surface area contributed by atoms with Crippen LogP contribution < -0.4 is 14.8 Å². The molecule has 0 bridgehead atoms. The van der Waals surface area contributed by atoms with E-state index in [1.165, 1.54) is 13.2 Å². The van der Waals surface area contributed by atoms with Gasteiger partial charge in [0.05, 0.1) is 12.7 Å². The Morgan fingerprint density at radius 2 is 1.34 bits per heavy atom. The summed E-state index contributed by atoms with van der Waals surface area (Å²) < 4.78 is 56.3. The molecule has 1 atom stereocenters. The van der Waals surface area contributed by atoms with E-state index in [-0.39, 0.29) is 18.6 Å². The van der Waals surface area contributed by atoms with Gasteiger partial charge in [0.15, 0.2) is 11.5 Å². The Balaban J connectivity index is 1.54. The molecule has 0 saturated carbocycles. The average molecular weight is 564 g/mol. The SMILES string of the molecule is COC(=O)[C@@H](Cc1ccc(OCc2ccccc2)c(OCc2ccccc2)c1)NC(=O)c1cccc(C(F)(F)F)c1. The molecule has 0 unspecified atom stereocenters. The zero-order valence-corrected chi connectivity index (χ0v) is 22.2. The highest BCUT2D eigenvalue weighted by Gasteiger charge is 2.31. The Labute approximate surface area is 235 Å². The predicted octanol–water partition coefficient (Wildman–Crippen LogP) is 6.38. The molecule has 0 aliphatic heterocycles. The number of nitrogens with one attached hydrogen (secondary N) is 1. The summed E-state index contributed by atoms with van der Waals surface area (Å²) in [6.45, 7) is 0.568. The van der Waals surface area contributed by atoms with Crippen molar-refractivity contribution in [3.63, 3.8) is 0 Å². The number of alkyl halides is 3. The van der Waals surface area contributed by atoms with Gasteiger partial charge in [-0.1, -0.05) is 72.8 Å². The van der Waals surface area contributed by atoms with Crippen LogP contribution in [0.25, 0.3) is 0 Å². The van der Waals surface area contributed by atoms with E-state index in [1.807, 2.05) is 60.7 Å². The van der Waals surface area contributed by atoms with Crippen LogP contribution in [0.2, 0.25) is 0 Å². The van der Waals surface area contributed by atoms with E-state index < -0.39 is 29.7 Å². The van der Waals surface area contributed by atoms with E-state index in [0.717, 1.165) is 29.3 Å². The molecule has 9 heteroatoms. The average Bonchev–Trinajstić information content (AvgIpc) is 2.99. The first-order valence-corrected chi connectivity index (χ1v) is 12.8. The van der Waals surface area contributed by atoms with Crippen molar-refractivity contribution in [3.8, 4) is 11.5 Å². The molecule has 0 aliphatic carbocycles. The molecule has 4 aromatic rings. The van der Waals surface area contributed by atoms with Crippen LogP contribution in [0, 0.1) is 0 Å². The molecule has 1 N–H and O–H groups in total. The lowest BCUT2D eigenvalue weighted by atomic mass is 10.0. The number of ether oxygens (including phenoxy) is 3. The lowest BCUT2D eigenvalue weighted by Crippen LogP contribution is -2.43. The normalized spacial score (nSPS) is 11.8. The topological polar surface area (TPSA) is 73.9 Å². The predicted molar refractivity (Wildman–Crippen MR) is 146 cm³/mol. The standard InChI is InChI=1S/C32H28F3NO5/c1-39-31(38)27(36-30(37)25-13-8-14-26(19-25)32(33,34)35)17-24-15-16-28(40-20-22-9-4-2-5-10-22)29(18-24)41-21-23-11-6-3-7-12-23/h2-16,18-19,27H,17,20-21H2,1H3,(H,36,37)/t27-/m1/s1. The molecule has 41 heavy (non-hydrogen) atoms. The third kappa shape index (κ3) is 8.35. The molecule has 0 heterocycles. The molecule has 212 valence electrons. The van der Waals surface area contributed by atoms with Gasteiger partial charge in [-0.05, 0) is 47.0 Å². The van der Waals surface area contributed by atoms with Crippen molar-refractivity contribution >= 4 is 11.9 Å². The van der Waals surface area contributed by atoms with Gasteiger partial charge in [-0.3, -0.25) is 4.79 Å². The van der Waals surface area contributed by atoms with Crippen LogP contribution in [0.3, 0.4) is 0 Å². The number of esters is 1. The van der Waals surface area contributed by atoms with Gasteiger partial charge in [-0.15, -0.1) is 0 Å². The van der Waals surface area contributed by atoms with Gasteiger partial charge < -0.3 is 19.5 Å². The molecular formula is C32H28F3NO5. The lowest BCUT2D eigenvalue weighted by Gasteiger charge is -2.19. The highest BCUT2D eigenvalue weighted by molar-refractivity contribution is 5.97. The van der Waals surface area contributed by atoms with Crippen LogP contribution in [0.5, 0.6) is 11.5 Å². The van der Waals surface area contributed by atoms with Crippen LogP contribution in [-0.2, 0) is 35.3 Å². The number of halogens is 3. The summed E-state index contributed by atoms with van der Waals surface area (Å²) in [6.07, 6.45) is -4.61. The van der Waals surface area contributed by atoms with E-state index in [2.05, 4.69) is 5.32 Å². The lowest BCUT2D eigenvalue weighted by molar-refractivity contribution is -0.143. The second-order valence-electron chi connectivity index (χ2n) is 9.16. The number of amides is 1. The monoisotopic (exact) mass is 563 g/mol. The third-order valence-electron chi connectivity index (χ3n) is 6.17. The Kier molecular flexibility index (Phi) is 9.63. The van der Waals surface area contributed by atoms with E-state index in [9.17, 15) is 22.8 Å². The summed E-state index contributed by atoms with van der Waals surface area (Å²) >= 11 is 0. The van der Waals surface area contributed by atoms with Gasteiger partial charge in [0.1, 0.15) is 19.3 Å². The van der Waals surface area contributed by atoms with Gasteiger partial charge in [-0.25, -0.2) is 4.79 Å². The zero-order valence-electron chi connectivity index (χ0n) is 22.2. The number of rotatable bonds is 11. The van der Waals surface area contributed by atoms with Gasteiger partial charge >= 0.3 is 12.1 Å². The number of carbonyl (C=O) groups excluding carboxylic acids is 2. The second kappa shape index (κ2) is 13.5. The minimum absolute atomic E-state index is 0.00195. The van der Waals surface area contributed by atoms with Crippen LogP contribution in [-0.4, -0.2) is 25.0 Å². The van der Waals surface area contributed by atoms with E-state index in [1.54, 1.807) is 18.2 Å². The fraction of sp³-hybridized carbons (Fsp3) is 0.188. The first-order valence-electron chi connectivity index (χ1n) is 12.8. The number of hydrogen-bond donors (Lipinski definition) is 1. The molecule has 0 aliphatic rings. The van der Waals surface area contributed by atoms with Crippen molar-refractivity contribution in [2.24, 2.45) is 0 Å². The highest BCUT2D eigenvalue weighted by Crippen LogP contribution is 2.31. The second-order valence-corrected chi connectivity index (χ2v) is 9.16. The third-order valence-corrected chi connectivity index (χ3v) is 6.17. The summed E-state index contributed by atoms with van der Waals surface area (Å²) in [7, 11) is 1.17. The number of benzene rings is 4. The van der Waals surface area contributed by atoms with Gasteiger partial charge in [0.2, 0.25) is 0 Å². The zero-order chi connectivity index (χ0) is 29.2. The van der Waals surface area contributed by atoms with Crippen molar-refractivity contribution in [2.75, 3.05) is 7.11 Å². The van der Waals surface area contributed by atoms with Crippen molar-refractivity contribution in [1.82, 2.24) is 5.32 Å². The molecule has 0 saturated heterocycles. The van der Waals surface area contributed by atoms with Crippen LogP contribution in [0.1, 0.15) is 32.6 Å².